The molecule has 0 saturated heterocycles. The molecule has 0 aromatic heterocycles. The van der Waals surface area contributed by atoms with Crippen molar-refractivity contribution in [2.24, 2.45) is 5.73 Å². The first-order valence-electron chi connectivity index (χ1n) is 3.52. The first-order chi connectivity index (χ1) is 4.98. The maximum Gasteiger partial charge on any atom is 0.405 e. The van der Waals surface area contributed by atoms with Gasteiger partial charge < -0.3 is 10.5 Å². The zero-order valence-electron chi connectivity index (χ0n) is 6.89. The zero-order chi connectivity index (χ0) is 8.91. The molecule has 0 aliphatic carbocycles. The fourth-order valence-electron chi connectivity index (χ4n) is 0.816. The fourth-order valence-corrected chi connectivity index (χ4v) is 1.20. The molecule has 1 amide bonds. The molecule has 0 fully saturated rings. The molecule has 0 saturated carbocycles. The lowest BCUT2D eigenvalue weighted by molar-refractivity contribution is 0.0390. The number of alkyl halides is 1. The monoisotopic (exact) mass is 271 g/mol. The highest BCUT2D eigenvalue weighted by molar-refractivity contribution is 14.1. The molecule has 11 heavy (non-hydrogen) atoms. The van der Waals surface area contributed by atoms with E-state index in [1.165, 1.54) is 0 Å². The molecule has 0 aliphatic heterocycles. The smallest absolute Gasteiger partial charge is 0.405 e. The van der Waals surface area contributed by atoms with Crippen molar-refractivity contribution in [3.8, 4) is 0 Å². The highest BCUT2D eigenvalue weighted by Gasteiger charge is 2.20. The molecule has 66 valence electrons. The Bertz CT molecular complexity index is 136. The summed E-state index contributed by atoms with van der Waals surface area (Å²) in [6.45, 7) is 3.73. The van der Waals surface area contributed by atoms with Gasteiger partial charge in [0.1, 0.15) is 5.60 Å². The summed E-state index contributed by atoms with van der Waals surface area (Å²) in [7, 11) is 0. The van der Waals surface area contributed by atoms with Crippen LogP contribution in [0.2, 0.25) is 0 Å². The van der Waals surface area contributed by atoms with Crippen LogP contribution in [0, 0.1) is 0 Å². The Kier molecular flexibility index (Phi) is 4.79. The molecule has 0 unspecified atom stereocenters. The number of amides is 1. The molecule has 0 radical (unpaired) electrons. The minimum Gasteiger partial charge on any atom is -0.444 e. The van der Waals surface area contributed by atoms with Crippen LogP contribution in [0.4, 0.5) is 4.79 Å². The molecule has 0 heterocycles. The molecule has 0 bridgehead atoms. The van der Waals surface area contributed by atoms with Crippen molar-refractivity contribution in [1.29, 1.82) is 0 Å². The Morgan fingerprint density at radius 1 is 1.64 bits per heavy atom. The summed E-state index contributed by atoms with van der Waals surface area (Å²) in [5.74, 6) is 0. The molecule has 0 aromatic rings. The molecule has 4 heteroatoms. The van der Waals surface area contributed by atoms with Crippen LogP contribution < -0.4 is 5.73 Å². The van der Waals surface area contributed by atoms with Gasteiger partial charge in [-0.15, -0.1) is 0 Å². The second kappa shape index (κ2) is 4.79. The summed E-state index contributed by atoms with van der Waals surface area (Å²) < 4.78 is 5.95. The van der Waals surface area contributed by atoms with Gasteiger partial charge in [0.25, 0.3) is 0 Å². The van der Waals surface area contributed by atoms with Gasteiger partial charge in [0, 0.05) is 0 Å². The number of halogens is 1. The molecule has 0 spiro atoms. The minimum atomic E-state index is -0.691. The molecular weight excluding hydrogens is 257 g/mol. The topological polar surface area (TPSA) is 52.3 Å². The SMILES string of the molecule is CC(C)(CCCI)OC(N)=O. The van der Waals surface area contributed by atoms with Crippen LogP contribution in [-0.2, 0) is 4.74 Å². The number of carbonyl (C=O) groups is 1. The summed E-state index contributed by atoms with van der Waals surface area (Å²) in [4.78, 5) is 10.4. The van der Waals surface area contributed by atoms with Crippen LogP contribution >= 0.6 is 22.6 Å². The number of carbonyl (C=O) groups excluding carboxylic acids is 1. The van der Waals surface area contributed by atoms with Crippen molar-refractivity contribution in [3.05, 3.63) is 0 Å². The Morgan fingerprint density at radius 3 is 2.55 bits per heavy atom. The van der Waals surface area contributed by atoms with E-state index in [4.69, 9.17) is 10.5 Å². The molecule has 0 aliphatic rings. The normalized spacial score (nSPS) is 11.2. The van der Waals surface area contributed by atoms with E-state index in [1.54, 1.807) is 0 Å². The third-order valence-corrected chi connectivity index (χ3v) is 2.05. The number of hydrogen-bond donors (Lipinski definition) is 1. The molecular formula is C7H14INO2. The van der Waals surface area contributed by atoms with Crippen LogP contribution in [0.25, 0.3) is 0 Å². The van der Waals surface area contributed by atoms with Gasteiger partial charge in [-0.2, -0.15) is 0 Å². The predicted molar refractivity (Wildman–Crippen MR) is 52.9 cm³/mol. The van der Waals surface area contributed by atoms with E-state index in [-0.39, 0.29) is 0 Å². The largest absolute Gasteiger partial charge is 0.444 e. The average molecular weight is 271 g/mol. The van der Waals surface area contributed by atoms with E-state index in [9.17, 15) is 4.79 Å². The molecule has 3 nitrogen and oxygen atoms in total. The highest BCUT2D eigenvalue weighted by atomic mass is 127. The molecule has 0 aromatic carbocycles. The first-order valence-corrected chi connectivity index (χ1v) is 5.05. The fraction of sp³-hybridized carbons (Fsp3) is 0.857. The van der Waals surface area contributed by atoms with Crippen molar-refractivity contribution < 1.29 is 9.53 Å². The van der Waals surface area contributed by atoms with Gasteiger partial charge in [0.15, 0.2) is 0 Å². The average Bonchev–Trinajstić information content (AvgIpc) is 1.81. The van der Waals surface area contributed by atoms with Gasteiger partial charge in [-0.3, -0.25) is 0 Å². The number of primary amides is 1. The van der Waals surface area contributed by atoms with Crippen molar-refractivity contribution in [1.82, 2.24) is 0 Å². The number of hydrogen-bond acceptors (Lipinski definition) is 2. The van der Waals surface area contributed by atoms with Crippen molar-refractivity contribution in [3.63, 3.8) is 0 Å². The maximum atomic E-state index is 10.4. The quantitative estimate of drug-likeness (QED) is 0.628. The third kappa shape index (κ3) is 6.40. The summed E-state index contributed by atoms with van der Waals surface area (Å²) in [5, 5.41) is 0. The first kappa shape index (κ1) is 11.0. The van der Waals surface area contributed by atoms with Crippen LogP contribution in [0.15, 0.2) is 0 Å². The van der Waals surface area contributed by atoms with Gasteiger partial charge in [0.05, 0.1) is 0 Å². The predicted octanol–water partition coefficient (Wildman–Crippen LogP) is 2.08. The van der Waals surface area contributed by atoms with E-state index in [0.717, 1.165) is 17.3 Å². The highest BCUT2D eigenvalue weighted by Crippen LogP contribution is 2.16. The Balaban J connectivity index is 3.70. The van der Waals surface area contributed by atoms with E-state index < -0.39 is 11.7 Å². The number of rotatable bonds is 4. The number of ether oxygens (including phenoxy) is 1. The van der Waals surface area contributed by atoms with Gasteiger partial charge in [-0.1, -0.05) is 22.6 Å². The van der Waals surface area contributed by atoms with Gasteiger partial charge in [-0.25, -0.2) is 4.79 Å². The Labute approximate surface area is 80.8 Å². The second-order valence-corrected chi connectivity index (χ2v) is 4.05. The van der Waals surface area contributed by atoms with Crippen molar-refractivity contribution in [2.45, 2.75) is 32.3 Å². The standard InChI is InChI=1S/C7H14INO2/c1-7(2,4-3-5-8)11-6(9)10/h3-5H2,1-2H3,(H2,9,10). The number of nitrogens with two attached hydrogens (primary N) is 1. The van der Waals surface area contributed by atoms with Crippen LogP contribution in [0.3, 0.4) is 0 Å². The van der Waals surface area contributed by atoms with Crippen LogP contribution in [-0.4, -0.2) is 16.1 Å². The van der Waals surface area contributed by atoms with E-state index in [2.05, 4.69) is 22.6 Å². The summed E-state index contributed by atoms with van der Waals surface area (Å²) in [5.41, 5.74) is 4.48. The maximum absolute atomic E-state index is 10.4. The van der Waals surface area contributed by atoms with Crippen LogP contribution in [0.5, 0.6) is 0 Å². The van der Waals surface area contributed by atoms with E-state index in [0.29, 0.717) is 0 Å². The zero-order valence-corrected chi connectivity index (χ0v) is 9.05. The van der Waals surface area contributed by atoms with Crippen molar-refractivity contribution >= 4 is 28.7 Å². The Hall–Kier alpha value is 0. The lowest BCUT2D eigenvalue weighted by Gasteiger charge is -2.23. The summed E-state index contributed by atoms with van der Waals surface area (Å²) in [6.07, 6.45) is 1.21. The van der Waals surface area contributed by atoms with Gasteiger partial charge in [0.2, 0.25) is 0 Å². The van der Waals surface area contributed by atoms with Crippen molar-refractivity contribution in [2.75, 3.05) is 4.43 Å². The van der Waals surface area contributed by atoms with E-state index in [1.807, 2.05) is 13.8 Å². The molecule has 0 rings (SSSR count). The van der Waals surface area contributed by atoms with E-state index >= 15 is 0 Å². The molecule has 0 atom stereocenters. The lowest BCUT2D eigenvalue weighted by atomic mass is 10.0. The summed E-state index contributed by atoms with van der Waals surface area (Å²) in [6, 6.07) is 0. The molecule has 2 N–H and O–H groups in total. The summed E-state index contributed by atoms with van der Waals surface area (Å²) >= 11 is 2.29. The third-order valence-electron chi connectivity index (χ3n) is 1.29. The lowest BCUT2D eigenvalue weighted by Crippen LogP contribution is -2.31. The minimum absolute atomic E-state index is 0.406. The second-order valence-electron chi connectivity index (χ2n) is 2.97. The van der Waals surface area contributed by atoms with Gasteiger partial charge >= 0.3 is 6.09 Å². The van der Waals surface area contributed by atoms with Crippen LogP contribution in [0.1, 0.15) is 26.7 Å². The Morgan fingerprint density at radius 2 is 2.18 bits per heavy atom. The van der Waals surface area contributed by atoms with Gasteiger partial charge in [-0.05, 0) is 31.1 Å².